The predicted molar refractivity (Wildman–Crippen MR) is 112 cm³/mol. The normalized spacial score (nSPS) is 11.5. The fourth-order valence-electron chi connectivity index (χ4n) is 3.95. The van der Waals surface area contributed by atoms with Gasteiger partial charge in [-0.25, -0.2) is 9.36 Å². The van der Waals surface area contributed by atoms with Gasteiger partial charge < -0.3 is 10.2 Å². The first-order valence-electron chi connectivity index (χ1n) is 9.67. The van der Waals surface area contributed by atoms with E-state index in [0.29, 0.717) is 24.5 Å². The summed E-state index contributed by atoms with van der Waals surface area (Å²) in [4.78, 5) is 0. The first-order valence-corrected chi connectivity index (χ1v) is 9.67. The molecule has 8 heteroatoms. The van der Waals surface area contributed by atoms with Gasteiger partial charge in [-0.2, -0.15) is 0 Å². The molecule has 0 bridgehead atoms. The third kappa shape index (κ3) is 3.22. The second-order valence-electron chi connectivity index (χ2n) is 7.18. The molecule has 0 unspecified atom stereocenters. The summed E-state index contributed by atoms with van der Waals surface area (Å²) >= 11 is 0. The Labute approximate surface area is 172 Å². The van der Waals surface area contributed by atoms with Crippen molar-refractivity contribution in [1.29, 1.82) is 0 Å². The molecule has 2 heterocycles. The summed E-state index contributed by atoms with van der Waals surface area (Å²) in [5.74, 6) is 0. The van der Waals surface area contributed by atoms with Crippen LogP contribution in [0.5, 0.6) is 0 Å². The van der Waals surface area contributed by atoms with Crippen molar-refractivity contribution in [3.05, 3.63) is 83.4 Å². The van der Waals surface area contributed by atoms with E-state index in [2.05, 4.69) is 44.9 Å². The van der Waals surface area contributed by atoms with Crippen LogP contribution in [0.2, 0.25) is 0 Å². The number of aliphatic hydroxyl groups is 2. The highest BCUT2D eigenvalue weighted by molar-refractivity contribution is 6.05. The maximum atomic E-state index is 9.31. The van der Waals surface area contributed by atoms with Gasteiger partial charge in [0.15, 0.2) is 0 Å². The van der Waals surface area contributed by atoms with Crippen LogP contribution >= 0.6 is 0 Å². The van der Waals surface area contributed by atoms with Gasteiger partial charge in [0.25, 0.3) is 0 Å². The minimum absolute atomic E-state index is 0.131. The van der Waals surface area contributed by atoms with Crippen molar-refractivity contribution >= 4 is 21.5 Å². The molecule has 5 aromatic rings. The topological polar surface area (TPSA) is 102 Å². The van der Waals surface area contributed by atoms with Crippen molar-refractivity contribution in [2.75, 3.05) is 0 Å². The number of aromatic nitrogens is 6. The van der Waals surface area contributed by atoms with E-state index in [1.165, 1.54) is 0 Å². The Bertz CT molecular complexity index is 1180. The maximum absolute atomic E-state index is 9.31. The molecule has 2 N–H and O–H groups in total. The van der Waals surface area contributed by atoms with E-state index in [-0.39, 0.29) is 13.2 Å². The van der Waals surface area contributed by atoms with Crippen LogP contribution in [-0.2, 0) is 26.3 Å². The van der Waals surface area contributed by atoms with Crippen LogP contribution in [-0.4, -0.2) is 40.2 Å². The van der Waals surface area contributed by atoms with Crippen LogP contribution in [0.4, 0.5) is 0 Å². The van der Waals surface area contributed by atoms with Gasteiger partial charge >= 0.3 is 0 Å². The zero-order valence-electron chi connectivity index (χ0n) is 16.2. The lowest BCUT2D eigenvalue weighted by Gasteiger charge is -2.17. The summed E-state index contributed by atoms with van der Waals surface area (Å²) in [7, 11) is 0. The lowest BCUT2D eigenvalue weighted by molar-refractivity contribution is 0.276. The van der Waals surface area contributed by atoms with Gasteiger partial charge in [0, 0.05) is 0 Å². The molecule has 0 amide bonds. The van der Waals surface area contributed by atoms with Gasteiger partial charge in [0.1, 0.15) is 11.4 Å². The molecule has 0 aliphatic heterocycles. The van der Waals surface area contributed by atoms with Crippen LogP contribution in [0.3, 0.4) is 0 Å². The zero-order valence-corrected chi connectivity index (χ0v) is 16.2. The lowest BCUT2D eigenvalue weighted by Crippen LogP contribution is -2.06. The van der Waals surface area contributed by atoms with Crippen LogP contribution in [0, 0.1) is 0 Å². The van der Waals surface area contributed by atoms with Crippen molar-refractivity contribution < 1.29 is 10.2 Å². The molecule has 0 fully saturated rings. The molecule has 0 aliphatic carbocycles. The minimum Gasteiger partial charge on any atom is -0.390 e. The number of aliphatic hydroxyl groups excluding tert-OH is 2. The quantitative estimate of drug-likeness (QED) is 0.424. The molecule has 5 rings (SSSR count). The molecule has 30 heavy (non-hydrogen) atoms. The molecular weight excluding hydrogens is 380 g/mol. The van der Waals surface area contributed by atoms with Gasteiger partial charge in [0.05, 0.1) is 38.7 Å². The van der Waals surface area contributed by atoms with E-state index in [1.807, 2.05) is 24.3 Å². The number of benzene rings is 3. The molecule has 8 nitrogen and oxygen atoms in total. The maximum Gasteiger partial charge on any atom is 0.108 e. The van der Waals surface area contributed by atoms with Crippen LogP contribution in [0.1, 0.15) is 22.5 Å². The Morgan fingerprint density at radius 3 is 1.27 bits per heavy atom. The van der Waals surface area contributed by atoms with E-state index in [0.717, 1.165) is 32.7 Å². The summed E-state index contributed by atoms with van der Waals surface area (Å²) in [5, 5.41) is 39.5. The van der Waals surface area contributed by atoms with Crippen LogP contribution < -0.4 is 0 Å². The molecule has 150 valence electrons. The Morgan fingerprint density at radius 2 is 0.967 bits per heavy atom. The number of nitrogens with zero attached hydrogens (tertiary/aromatic N) is 6. The first-order chi connectivity index (χ1) is 14.8. The van der Waals surface area contributed by atoms with Gasteiger partial charge in [0.2, 0.25) is 0 Å². The van der Waals surface area contributed by atoms with Crippen LogP contribution in [0.15, 0.2) is 60.9 Å². The Balaban J connectivity index is 1.71. The fourth-order valence-corrected chi connectivity index (χ4v) is 3.95. The molecule has 0 spiro atoms. The second kappa shape index (κ2) is 7.66. The van der Waals surface area contributed by atoms with E-state index in [1.54, 1.807) is 21.8 Å². The smallest absolute Gasteiger partial charge is 0.108 e. The largest absolute Gasteiger partial charge is 0.390 e. The zero-order chi connectivity index (χ0) is 20.5. The van der Waals surface area contributed by atoms with Crippen molar-refractivity contribution in [1.82, 2.24) is 30.0 Å². The second-order valence-corrected chi connectivity index (χ2v) is 7.18. The summed E-state index contributed by atoms with van der Waals surface area (Å²) in [6, 6.07) is 16.6. The van der Waals surface area contributed by atoms with Crippen molar-refractivity contribution in [3.8, 4) is 0 Å². The van der Waals surface area contributed by atoms with Crippen LogP contribution in [0.25, 0.3) is 21.5 Å². The molecule has 2 aromatic heterocycles. The van der Waals surface area contributed by atoms with E-state index in [4.69, 9.17) is 0 Å². The van der Waals surface area contributed by atoms with Crippen molar-refractivity contribution in [2.45, 2.75) is 26.3 Å². The molecule has 0 saturated heterocycles. The Hall–Kier alpha value is -3.62. The molecular formula is C22H20N6O2. The molecule has 0 radical (unpaired) electrons. The summed E-state index contributed by atoms with van der Waals surface area (Å²) in [6.45, 7) is 0.834. The number of hydrogen-bond acceptors (Lipinski definition) is 6. The number of rotatable bonds is 6. The fraction of sp³-hybridized carbons (Fsp3) is 0.182. The number of fused-ring (bicyclic) bond motifs is 2. The SMILES string of the molecule is OCc1cn(Cc2c3ccccc3c(Cn3cc(CO)nn3)c3ccccc23)nn1. The molecule has 0 aliphatic rings. The summed E-state index contributed by atoms with van der Waals surface area (Å²) in [5.41, 5.74) is 3.39. The monoisotopic (exact) mass is 400 g/mol. The lowest BCUT2D eigenvalue weighted by atomic mass is 9.91. The predicted octanol–water partition coefficient (Wildman–Crippen LogP) is 2.26. The summed E-state index contributed by atoms with van der Waals surface area (Å²) in [6.07, 6.45) is 3.53. The third-order valence-electron chi connectivity index (χ3n) is 5.29. The van der Waals surface area contributed by atoms with Gasteiger partial charge in [-0.1, -0.05) is 59.0 Å². The Kier molecular flexibility index (Phi) is 4.70. The highest BCUT2D eigenvalue weighted by Crippen LogP contribution is 2.34. The summed E-state index contributed by atoms with van der Waals surface area (Å²) < 4.78 is 3.51. The Morgan fingerprint density at radius 1 is 0.600 bits per heavy atom. The third-order valence-corrected chi connectivity index (χ3v) is 5.29. The highest BCUT2D eigenvalue weighted by Gasteiger charge is 2.15. The molecule has 0 saturated carbocycles. The van der Waals surface area contributed by atoms with Crippen molar-refractivity contribution in [3.63, 3.8) is 0 Å². The average molecular weight is 400 g/mol. The van der Waals surface area contributed by atoms with Crippen molar-refractivity contribution in [2.24, 2.45) is 0 Å². The molecule has 3 aromatic carbocycles. The standard InChI is InChI=1S/C22H20N6O2/c29-13-15-9-27(25-23-15)11-21-17-5-1-2-6-18(17)22(20-8-4-3-7-19(20)21)12-28-10-16(14-30)24-26-28/h1-10,29-30H,11-14H2. The van der Waals surface area contributed by atoms with E-state index >= 15 is 0 Å². The first kappa shape index (κ1) is 18.4. The molecule has 0 atom stereocenters. The number of hydrogen-bond donors (Lipinski definition) is 2. The average Bonchev–Trinajstić information content (AvgIpc) is 3.45. The van der Waals surface area contributed by atoms with E-state index in [9.17, 15) is 10.2 Å². The van der Waals surface area contributed by atoms with E-state index < -0.39 is 0 Å². The van der Waals surface area contributed by atoms with Gasteiger partial charge in [-0.3, -0.25) is 0 Å². The van der Waals surface area contributed by atoms with Gasteiger partial charge in [-0.05, 0) is 32.7 Å². The minimum atomic E-state index is -0.131. The highest BCUT2D eigenvalue weighted by atomic mass is 16.3. The van der Waals surface area contributed by atoms with Gasteiger partial charge in [-0.15, -0.1) is 10.2 Å².